The van der Waals surface area contributed by atoms with Gasteiger partial charge in [0, 0.05) is 29.1 Å². The van der Waals surface area contributed by atoms with Crippen molar-refractivity contribution in [2.75, 3.05) is 6.54 Å². The highest BCUT2D eigenvalue weighted by Crippen LogP contribution is 2.21. The SMILES string of the molecule is Cc1[nH]c2ccccc2c1CNC(=O)C(C)CCN. The average Bonchev–Trinajstić information content (AvgIpc) is 2.72. The summed E-state index contributed by atoms with van der Waals surface area (Å²) in [6.07, 6.45) is 0.721. The fraction of sp³-hybridized carbons (Fsp3) is 0.400. The normalized spacial score (nSPS) is 12.6. The monoisotopic (exact) mass is 259 g/mol. The van der Waals surface area contributed by atoms with E-state index in [0.717, 1.165) is 23.2 Å². The number of para-hydroxylation sites is 1. The van der Waals surface area contributed by atoms with Crippen LogP contribution in [0.2, 0.25) is 0 Å². The van der Waals surface area contributed by atoms with Crippen molar-refractivity contribution in [3.05, 3.63) is 35.5 Å². The van der Waals surface area contributed by atoms with E-state index in [1.807, 2.05) is 32.0 Å². The van der Waals surface area contributed by atoms with Crippen LogP contribution in [0.3, 0.4) is 0 Å². The van der Waals surface area contributed by atoms with Gasteiger partial charge in [-0.05, 0) is 31.5 Å². The molecule has 1 aromatic carbocycles. The summed E-state index contributed by atoms with van der Waals surface area (Å²) in [5.74, 6) is 0.0330. The van der Waals surface area contributed by atoms with E-state index in [2.05, 4.69) is 16.4 Å². The molecular formula is C15H21N3O. The van der Waals surface area contributed by atoms with E-state index < -0.39 is 0 Å². The number of nitrogens with two attached hydrogens (primary N) is 1. The number of rotatable bonds is 5. The third-order valence-corrected chi connectivity index (χ3v) is 3.51. The first-order chi connectivity index (χ1) is 9.13. The Morgan fingerprint density at radius 2 is 2.16 bits per heavy atom. The molecule has 1 aromatic heterocycles. The Morgan fingerprint density at radius 1 is 1.42 bits per heavy atom. The van der Waals surface area contributed by atoms with Crippen LogP contribution in [-0.2, 0) is 11.3 Å². The molecule has 0 radical (unpaired) electrons. The summed E-state index contributed by atoms with van der Waals surface area (Å²) in [5, 5.41) is 4.16. The summed E-state index contributed by atoms with van der Waals surface area (Å²) < 4.78 is 0. The van der Waals surface area contributed by atoms with Gasteiger partial charge in [0.1, 0.15) is 0 Å². The molecule has 0 fully saturated rings. The summed E-state index contributed by atoms with van der Waals surface area (Å²) in [4.78, 5) is 15.2. The minimum absolute atomic E-state index is 0.0319. The zero-order chi connectivity index (χ0) is 13.8. The number of amides is 1. The number of fused-ring (bicyclic) bond motifs is 1. The molecule has 0 saturated carbocycles. The van der Waals surface area contributed by atoms with E-state index in [1.54, 1.807) is 0 Å². The van der Waals surface area contributed by atoms with Crippen LogP contribution >= 0.6 is 0 Å². The highest BCUT2D eigenvalue weighted by atomic mass is 16.1. The molecule has 0 aliphatic heterocycles. The highest BCUT2D eigenvalue weighted by molar-refractivity contribution is 5.85. The molecule has 4 nitrogen and oxygen atoms in total. The van der Waals surface area contributed by atoms with Crippen LogP contribution < -0.4 is 11.1 Å². The standard InChI is InChI=1S/C15H21N3O/c1-10(7-8-16)15(19)17-9-13-11(2)18-14-6-4-3-5-12(13)14/h3-6,10,18H,7-9,16H2,1-2H3,(H,17,19). The molecule has 19 heavy (non-hydrogen) atoms. The Hall–Kier alpha value is -1.81. The van der Waals surface area contributed by atoms with E-state index in [0.29, 0.717) is 13.1 Å². The maximum Gasteiger partial charge on any atom is 0.223 e. The summed E-state index contributed by atoms with van der Waals surface area (Å²) in [5.41, 5.74) is 8.84. The number of aromatic nitrogens is 1. The number of carbonyl (C=O) groups excluding carboxylic acids is 1. The molecule has 2 rings (SSSR count). The van der Waals surface area contributed by atoms with Gasteiger partial charge in [0.2, 0.25) is 5.91 Å². The molecule has 0 aliphatic carbocycles. The van der Waals surface area contributed by atoms with E-state index >= 15 is 0 Å². The maximum atomic E-state index is 11.9. The molecule has 4 heteroatoms. The van der Waals surface area contributed by atoms with Gasteiger partial charge < -0.3 is 16.0 Å². The van der Waals surface area contributed by atoms with Gasteiger partial charge in [0.05, 0.1) is 0 Å². The zero-order valence-corrected chi connectivity index (χ0v) is 11.5. The Morgan fingerprint density at radius 3 is 2.89 bits per heavy atom. The van der Waals surface area contributed by atoms with Gasteiger partial charge in [0.25, 0.3) is 0 Å². The summed E-state index contributed by atoms with van der Waals surface area (Å²) in [6.45, 7) is 5.04. The van der Waals surface area contributed by atoms with Crippen molar-refractivity contribution in [2.45, 2.75) is 26.8 Å². The van der Waals surface area contributed by atoms with Crippen LogP contribution in [0.1, 0.15) is 24.6 Å². The molecule has 4 N–H and O–H groups in total. The van der Waals surface area contributed by atoms with Crippen LogP contribution in [0, 0.1) is 12.8 Å². The Balaban J connectivity index is 2.09. The second-order valence-corrected chi connectivity index (χ2v) is 4.97. The third-order valence-electron chi connectivity index (χ3n) is 3.51. The van der Waals surface area contributed by atoms with Crippen LogP contribution in [0.15, 0.2) is 24.3 Å². The predicted molar refractivity (Wildman–Crippen MR) is 77.7 cm³/mol. The highest BCUT2D eigenvalue weighted by Gasteiger charge is 2.13. The number of nitrogens with one attached hydrogen (secondary N) is 2. The lowest BCUT2D eigenvalue weighted by molar-refractivity contribution is -0.124. The van der Waals surface area contributed by atoms with Crippen molar-refractivity contribution in [1.82, 2.24) is 10.3 Å². The topological polar surface area (TPSA) is 70.9 Å². The Labute approximate surface area is 113 Å². The lowest BCUT2D eigenvalue weighted by Crippen LogP contribution is -2.30. The zero-order valence-electron chi connectivity index (χ0n) is 11.5. The molecule has 0 saturated heterocycles. The molecule has 2 aromatic rings. The van der Waals surface area contributed by atoms with Gasteiger partial charge >= 0.3 is 0 Å². The number of carbonyl (C=O) groups is 1. The molecule has 1 atom stereocenters. The van der Waals surface area contributed by atoms with Crippen LogP contribution in [0.25, 0.3) is 10.9 Å². The van der Waals surface area contributed by atoms with E-state index in [4.69, 9.17) is 5.73 Å². The van der Waals surface area contributed by atoms with Gasteiger partial charge in [0.15, 0.2) is 0 Å². The smallest absolute Gasteiger partial charge is 0.223 e. The molecule has 1 amide bonds. The van der Waals surface area contributed by atoms with Gasteiger partial charge in [-0.15, -0.1) is 0 Å². The number of H-pyrrole nitrogens is 1. The first-order valence-corrected chi connectivity index (χ1v) is 6.67. The fourth-order valence-corrected chi connectivity index (χ4v) is 2.29. The second-order valence-electron chi connectivity index (χ2n) is 4.97. The number of aryl methyl sites for hydroxylation is 1. The van der Waals surface area contributed by atoms with Crippen molar-refractivity contribution in [3.63, 3.8) is 0 Å². The van der Waals surface area contributed by atoms with E-state index in [1.165, 1.54) is 5.39 Å². The van der Waals surface area contributed by atoms with Crippen molar-refractivity contribution in [3.8, 4) is 0 Å². The summed E-state index contributed by atoms with van der Waals surface area (Å²) in [6, 6.07) is 8.14. The first-order valence-electron chi connectivity index (χ1n) is 6.67. The number of hydrogen-bond acceptors (Lipinski definition) is 2. The molecule has 0 aliphatic rings. The molecule has 0 bridgehead atoms. The summed E-state index contributed by atoms with van der Waals surface area (Å²) in [7, 11) is 0. The molecular weight excluding hydrogens is 238 g/mol. The fourth-order valence-electron chi connectivity index (χ4n) is 2.29. The second kappa shape index (κ2) is 5.89. The first kappa shape index (κ1) is 13.6. The predicted octanol–water partition coefficient (Wildman–Crippen LogP) is 2.08. The molecule has 102 valence electrons. The van der Waals surface area contributed by atoms with Gasteiger partial charge in [-0.1, -0.05) is 25.1 Å². The van der Waals surface area contributed by atoms with Crippen molar-refractivity contribution in [1.29, 1.82) is 0 Å². The quantitative estimate of drug-likeness (QED) is 0.769. The van der Waals surface area contributed by atoms with Gasteiger partial charge in [-0.3, -0.25) is 4.79 Å². The lowest BCUT2D eigenvalue weighted by atomic mass is 10.1. The molecule has 1 heterocycles. The van der Waals surface area contributed by atoms with Crippen molar-refractivity contribution in [2.24, 2.45) is 11.7 Å². The van der Waals surface area contributed by atoms with Crippen LogP contribution in [0.4, 0.5) is 0 Å². The van der Waals surface area contributed by atoms with Gasteiger partial charge in [-0.25, -0.2) is 0 Å². The van der Waals surface area contributed by atoms with E-state index in [-0.39, 0.29) is 11.8 Å². The largest absolute Gasteiger partial charge is 0.358 e. The number of benzene rings is 1. The molecule has 0 spiro atoms. The number of aromatic amines is 1. The molecule has 1 unspecified atom stereocenters. The maximum absolute atomic E-state index is 11.9. The van der Waals surface area contributed by atoms with E-state index in [9.17, 15) is 4.79 Å². The Kier molecular flexibility index (Phi) is 4.22. The minimum atomic E-state index is -0.0319. The van der Waals surface area contributed by atoms with Crippen LogP contribution in [0.5, 0.6) is 0 Å². The number of hydrogen-bond donors (Lipinski definition) is 3. The Bertz CT molecular complexity index is 574. The van der Waals surface area contributed by atoms with Gasteiger partial charge in [-0.2, -0.15) is 0 Å². The van der Waals surface area contributed by atoms with Crippen molar-refractivity contribution >= 4 is 16.8 Å². The summed E-state index contributed by atoms with van der Waals surface area (Å²) >= 11 is 0. The average molecular weight is 259 g/mol. The van der Waals surface area contributed by atoms with Crippen molar-refractivity contribution < 1.29 is 4.79 Å². The minimum Gasteiger partial charge on any atom is -0.358 e. The lowest BCUT2D eigenvalue weighted by Gasteiger charge is -2.11. The van der Waals surface area contributed by atoms with Crippen LogP contribution in [-0.4, -0.2) is 17.4 Å². The third kappa shape index (κ3) is 2.96.